The molecule has 1 aromatic heterocycles. The maximum absolute atomic E-state index is 13.0. The fourth-order valence-electron chi connectivity index (χ4n) is 6.49. The number of benzene rings is 1. The highest BCUT2D eigenvalue weighted by Crippen LogP contribution is 2.41. The molecule has 4 rings (SSSR count). The molecule has 1 aliphatic heterocycles. The van der Waals surface area contributed by atoms with Gasteiger partial charge in [0.15, 0.2) is 9.84 Å². The van der Waals surface area contributed by atoms with Gasteiger partial charge in [-0.05, 0) is 72.3 Å². The van der Waals surface area contributed by atoms with Gasteiger partial charge in [-0.2, -0.15) is 0 Å². The molecule has 1 aromatic carbocycles. The predicted molar refractivity (Wildman–Crippen MR) is 152 cm³/mol. The highest BCUT2D eigenvalue weighted by molar-refractivity contribution is 7.91. The molecule has 208 valence electrons. The number of pyridine rings is 1. The number of rotatable bonds is 10. The highest BCUT2D eigenvalue weighted by atomic mass is 32.2. The van der Waals surface area contributed by atoms with Crippen LogP contribution in [0, 0.1) is 23.7 Å². The van der Waals surface area contributed by atoms with E-state index in [0.29, 0.717) is 29.0 Å². The van der Waals surface area contributed by atoms with Gasteiger partial charge in [-0.15, -0.1) is 0 Å². The Balaban J connectivity index is 1.40. The number of carbonyl (C=O) groups excluding carboxylic acids is 1. The van der Waals surface area contributed by atoms with E-state index in [1.54, 1.807) is 37.4 Å². The fraction of sp³-hybridized carbons (Fsp3) is 0.613. The van der Waals surface area contributed by atoms with Crippen molar-refractivity contribution in [2.75, 3.05) is 12.3 Å². The van der Waals surface area contributed by atoms with Crippen LogP contribution in [0.3, 0.4) is 0 Å². The fourth-order valence-corrected chi connectivity index (χ4v) is 7.37. The van der Waals surface area contributed by atoms with E-state index in [4.69, 9.17) is 4.98 Å². The minimum atomic E-state index is -3.23. The second-order valence-corrected chi connectivity index (χ2v) is 14.4. The molecule has 0 radical (unpaired) electrons. The average molecular weight is 540 g/mol. The molecule has 0 bridgehead atoms. The molecule has 3 atom stereocenters. The van der Waals surface area contributed by atoms with Crippen molar-refractivity contribution in [3.05, 3.63) is 58.9 Å². The van der Waals surface area contributed by atoms with Crippen LogP contribution < -0.4 is 5.32 Å². The normalized spacial score (nSPS) is 22.1. The third kappa shape index (κ3) is 6.84. The second-order valence-electron chi connectivity index (χ2n) is 12.1. The van der Waals surface area contributed by atoms with Crippen molar-refractivity contribution >= 4 is 15.7 Å². The number of amides is 1. The SMILES string of the molecule is CCS(=O)(=O)c1ccc(CNC(=O)c2cnc3c(c2)CN(C[C@H]2CCCC(CC(C)C)C2)[C@H]3C(C)C)cc1. The van der Waals surface area contributed by atoms with Gasteiger partial charge in [-0.3, -0.25) is 14.7 Å². The smallest absolute Gasteiger partial charge is 0.253 e. The summed E-state index contributed by atoms with van der Waals surface area (Å²) in [7, 11) is -3.23. The molecule has 38 heavy (non-hydrogen) atoms. The lowest BCUT2D eigenvalue weighted by Crippen LogP contribution is -2.33. The number of sulfone groups is 1. The van der Waals surface area contributed by atoms with E-state index in [2.05, 4.69) is 37.9 Å². The van der Waals surface area contributed by atoms with E-state index in [1.165, 1.54) is 37.7 Å². The number of hydrogen-bond acceptors (Lipinski definition) is 5. The molecule has 1 saturated carbocycles. The average Bonchev–Trinajstić information content (AvgIpc) is 3.24. The van der Waals surface area contributed by atoms with Crippen molar-refractivity contribution < 1.29 is 13.2 Å². The Morgan fingerprint density at radius 2 is 1.82 bits per heavy atom. The van der Waals surface area contributed by atoms with E-state index < -0.39 is 9.84 Å². The van der Waals surface area contributed by atoms with Gasteiger partial charge in [0.1, 0.15) is 0 Å². The number of fused-ring (bicyclic) bond motifs is 1. The van der Waals surface area contributed by atoms with Crippen LogP contribution in [-0.2, 0) is 22.9 Å². The summed E-state index contributed by atoms with van der Waals surface area (Å²) in [5.41, 5.74) is 3.73. The molecule has 1 fully saturated rings. The quantitative estimate of drug-likeness (QED) is 0.391. The summed E-state index contributed by atoms with van der Waals surface area (Å²) in [6, 6.07) is 9.04. The van der Waals surface area contributed by atoms with E-state index in [0.717, 1.165) is 42.1 Å². The summed E-state index contributed by atoms with van der Waals surface area (Å²) < 4.78 is 24.1. The van der Waals surface area contributed by atoms with Gasteiger partial charge in [0.2, 0.25) is 0 Å². The molecule has 1 aliphatic carbocycles. The summed E-state index contributed by atoms with van der Waals surface area (Å²) in [6.45, 7) is 13.2. The summed E-state index contributed by atoms with van der Waals surface area (Å²) in [5.74, 6) is 2.74. The number of aromatic nitrogens is 1. The van der Waals surface area contributed by atoms with Crippen LogP contribution in [-0.4, -0.2) is 36.5 Å². The third-order valence-electron chi connectivity index (χ3n) is 8.25. The Bertz CT molecular complexity index is 1210. The Labute approximate surface area is 229 Å². The Morgan fingerprint density at radius 3 is 2.47 bits per heavy atom. The van der Waals surface area contributed by atoms with Crippen molar-refractivity contribution in [2.24, 2.45) is 23.7 Å². The van der Waals surface area contributed by atoms with Gasteiger partial charge in [0, 0.05) is 25.8 Å². The lowest BCUT2D eigenvalue weighted by atomic mass is 9.77. The highest BCUT2D eigenvalue weighted by Gasteiger charge is 2.36. The molecule has 6 nitrogen and oxygen atoms in total. The molecule has 0 spiro atoms. The summed E-state index contributed by atoms with van der Waals surface area (Å²) >= 11 is 0. The van der Waals surface area contributed by atoms with Crippen molar-refractivity contribution in [3.63, 3.8) is 0 Å². The van der Waals surface area contributed by atoms with Gasteiger partial charge in [0.25, 0.3) is 5.91 Å². The molecular weight excluding hydrogens is 494 g/mol. The molecule has 7 heteroatoms. The largest absolute Gasteiger partial charge is 0.348 e. The summed E-state index contributed by atoms with van der Waals surface area (Å²) in [6.07, 6.45) is 8.43. The number of hydrogen-bond donors (Lipinski definition) is 1. The van der Waals surface area contributed by atoms with Gasteiger partial charge < -0.3 is 5.32 Å². The first-order chi connectivity index (χ1) is 18.1. The van der Waals surface area contributed by atoms with Crippen LogP contribution in [0.2, 0.25) is 0 Å². The number of nitrogens with zero attached hydrogens (tertiary/aromatic N) is 2. The van der Waals surface area contributed by atoms with Crippen molar-refractivity contribution in [2.45, 2.75) is 90.7 Å². The third-order valence-corrected chi connectivity index (χ3v) is 10.00. The number of carbonyl (C=O) groups is 1. The Kier molecular flexibility index (Phi) is 9.30. The van der Waals surface area contributed by atoms with Crippen LogP contribution >= 0.6 is 0 Å². The van der Waals surface area contributed by atoms with E-state index in [9.17, 15) is 13.2 Å². The molecule has 1 N–H and O–H groups in total. The second kappa shape index (κ2) is 12.3. The van der Waals surface area contributed by atoms with Crippen LogP contribution in [0.25, 0.3) is 0 Å². The van der Waals surface area contributed by atoms with Crippen LogP contribution in [0.15, 0.2) is 41.4 Å². The minimum Gasteiger partial charge on any atom is -0.348 e. The molecule has 0 saturated heterocycles. The van der Waals surface area contributed by atoms with Gasteiger partial charge in [-0.25, -0.2) is 8.42 Å². The van der Waals surface area contributed by atoms with Crippen molar-refractivity contribution in [3.8, 4) is 0 Å². The first-order valence-corrected chi connectivity index (χ1v) is 16.0. The zero-order valence-electron chi connectivity index (χ0n) is 23.7. The van der Waals surface area contributed by atoms with Gasteiger partial charge in [-0.1, -0.05) is 59.6 Å². The van der Waals surface area contributed by atoms with Crippen LogP contribution in [0.5, 0.6) is 0 Å². The molecule has 1 unspecified atom stereocenters. The summed E-state index contributed by atoms with van der Waals surface area (Å²) in [5, 5.41) is 2.97. The Morgan fingerprint density at radius 1 is 1.11 bits per heavy atom. The maximum atomic E-state index is 13.0. The molecule has 2 aliphatic rings. The first kappa shape index (κ1) is 28.8. The summed E-state index contributed by atoms with van der Waals surface area (Å²) in [4.78, 5) is 20.7. The Hall–Kier alpha value is -2.25. The zero-order valence-corrected chi connectivity index (χ0v) is 24.6. The zero-order chi connectivity index (χ0) is 27.4. The van der Waals surface area contributed by atoms with E-state index >= 15 is 0 Å². The molecule has 1 amide bonds. The first-order valence-electron chi connectivity index (χ1n) is 14.4. The van der Waals surface area contributed by atoms with Crippen molar-refractivity contribution in [1.29, 1.82) is 0 Å². The van der Waals surface area contributed by atoms with Crippen LogP contribution in [0.1, 0.15) is 99.9 Å². The maximum Gasteiger partial charge on any atom is 0.253 e. The lowest BCUT2D eigenvalue weighted by molar-refractivity contribution is 0.0950. The van der Waals surface area contributed by atoms with Gasteiger partial charge >= 0.3 is 0 Å². The monoisotopic (exact) mass is 539 g/mol. The van der Waals surface area contributed by atoms with Gasteiger partial charge in [0.05, 0.1) is 27.9 Å². The molecular formula is C31H45N3O3S. The lowest BCUT2D eigenvalue weighted by Gasteiger charge is -2.35. The minimum absolute atomic E-state index is 0.0722. The predicted octanol–water partition coefficient (Wildman–Crippen LogP) is 6.17. The molecule has 2 heterocycles. The number of nitrogens with one attached hydrogen (secondary N) is 1. The van der Waals surface area contributed by atoms with E-state index in [-0.39, 0.29) is 11.7 Å². The van der Waals surface area contributed by atoms with E-state index in [1.807, 2.05) is 6.07 Å². The van der Waals surface area contributed by atoms with Crippen molar-refractivity contribution in [1.82, 2.24) is 15.2 Å². The molecule has 2 aromatic rings. The topological polar surface area (TPSA) is 79.4 Å². The standard InChI is InChI=1S/C31H45N3O3S/c1-6-38(36,37)28-12-10-23(11-13-28)17-33-31(35)26-16-27-20-34(30(22(4)5)29(27)32-18-26)19-25-9-7-8-24(15-25)14-21(2)3/h10-13,16,18,21-22,24-25,30H,6-9,14-15,17,19-20H2,1-5H3,(H,33,35)/t24?,25-,30-/m0/s1. The van der Waals surface area contributed by atoms with Crippen LogP contribution in [0.4, 0.5) is 0 Å².